The number of nitrogens with zero attached hydrogens (tertiary/aromatic N) is 1. The Morgan fingerprint density at radius 3 is 2.85 bits per heavy atom. The van der Waals surface area contributed by atoms with Crippen LogP contribution >= 0.6 is 27.3 Å². The van der Waals surface area contributed by atoms with Gasteiger partial charge in [-0.25, -0.2) is 4.79 Å². The summed E-state index contributed by atoms with van der Waals surface area (Å²) >= 11 is 4.74. The highest BCUT2D eigenvalue weighted by Crippen LogP contribution is 2.32. The SMILES string of the molecule is O=C1C(c2cscc2Br)OC[N+]1=O. The molecule has 1 unspecified atom stereocenters. The molecule has 1 atom stereocenters. The summed E-state index contributed by atoms with van der Waals surface area (Å²) in [6, 6.07) is 0. The van der Waals surface area contributed by atoms with Crippen LogP contribution in [0.15, 0.2) is 15.2 Å². The molecule has 0 spiro atoms. The zero-order chi connectivity index (χ0) is 9.42. The number of thiophene rings is 1. The van der Waals surface area contributed by atoms with Crippen LogP contribution in [0.1, 0.15) is 11.7 Å². The Morgan fingerprint density at radius 1 is 1.62 bits per heavy atom. The van der Waals surface area contributed by atoms with Crippen molar-refractivity contribution in [3.63, 3.8) is 0 Å². The molecule has 1 aromatic rings. The first kappa shape index (κ1) is 8.98. The van der Waals surface area contributed by atoms with Crippen molar-refractivity contribution in [2.24, 2.45) is 0 Å². The van der Waals surface area contributed by atoms with Crippen LogP contribution in [0.5, 0.6) is 0 Å². The lowest BCUT2D eigenvalue weighted by Crippen LogP contribution is -2.13. The molecule has 4 nitrogen and oxygen atoms in total. The summed E-state index contributed by atoms with van der Waals surface area (Å²) in [5, 5.41) is 3.64. The van der Waals surface area contributed by atoms with Crippen molar-refractivity contribution in [1.29, 1.82) is 0 Å². The van der Waals surface area contributed by atoms with Gasteiger partial charge in [-0.2, -0.15) is 11.3 Å². The zero-order valence-electron chi connectivity index (χ0n) is 6.40. The first-order valence-corrected chi connectivity index (χ1v) is 5.25. The molecule has 68 valence electrons. The van der Waals surface area contributed by atoms with Crippen molar-refractivity contribution >= 4 is 33.2 Å². The van der Waals surface area contributed by atoms with Crippen LogP contribution in [-0.4, -0.2) is 17.4 Å². The predicted octanol–water partition coefficient (Wildman–Crippen LogP) is 1.84. The molecule has 1 fully saturated rings. The van der Waals surface area contributed by atoms with Crippen molar-refractivity contribution in [1.82, 2.24) is 0 Å². The van der Waals surface area contributed by atoms with Crippen LogP contribution in [-0.2, 0) is 9.53 Å². The van der Waals surface area contributed by atoms with E-state index in [1.807, 2.05) is 5.38 Å². The smallest absolute Gasteiger partial charge is 0.296 e. The predicted molar refractivity (Wildman–Crippen MR) is 49.3 cm³/mol. The summed E-state index contributed by atoms with van der Waals surface area (Å²) in [5.74, 6) is -0.529. The summed E-state index contributed by atoms with van der Waals surface area (Å²) < 4.78 is 6.18. The number of carbonyl (C=O) groups excluding carboxylic acids is 1. The highest BCUT2D eigenvalue weighted by Gasteiger charge is 2.44. The fourth-order valence-corrected chi connectivity index (χ4v) is 2.63. The minimum atomic E-state index is -0.724. The third-order valence-corrected chi connectivity index (χ3v) is 3.50. The minimum Gasteiger partial charge on any atom is -0.296 e. The zero-order valence-corrected chi connectivity index (χ0v) is 8.80. The number of nitroso groups, excluding NO2 is 1. The normalized spacial score (nSPS) is 22.7. The number of hydrogen-bond acceptors (Lipinski definition) is 4. The van der Waals surface area contributed by atoms with E-state index in [1.54, 1.807) is 5.38 Å². The van der Waals surface area contributed by atoms with Crippen molar-refractivity contribution in [2.45, 2.75) is 6.10 Å². The van der Waals surface area contributed by atoms with Crippen molar-refractivity contribution < 1.29 is 14.3 Å². The third-order valence-electron chi connectivity index (χ3n) is 1.75. The lowest BCUT2D eigenvalue weighted by Gasteiger charge is -1.98. The summed E-state index contributed by atoms with van der Waals surface area (Å²) in [6.45, 7) is -0.175. The number of rotatable bonds is 1. The van der Waals surface area contributed by atoms with Gasteiger partial charge >= 0.3 is 12.6 Å². The van der Waals surface area contributed by atoms with E-state index in [1.165, 1.54) is 11.3 Å². The summed E-state index contributed by atoms with van der Waals surface area (Å²) in [4.78, 5) is 22.0. The molecule has 2 heterocycles. The van der Waals surface area contributed by atoms with Gasteiger partial charge in [0.25, 0.3) is 0 Å². The van der Waals surface area contributed by atoms with E-state index in [0.29, 0.717) is 4.76 Å². The van der Waals surface area contributed by atoms with Gasteiger partial charge in [0.15, 0.2) is 0 Å². The van der Waals surface area contributed by atoms with Gasteiger partial charge in [0, 0.05) is 20.3 Å². The summed E-state index contributed by atoms with van der Waals surface area (Å²) in [6.07, 6.45) is -0.724. The van der Waals surface area contributed by atoms with Crippen LogP contribution < -0.4 is 0 Å². The van der Waals surface area contributed by atoms with E-state index in [4.69, 9.17) is 4.74 Å². The quantitative estimate of drug-likeness (QED) is 0.726. The Morgan fingerprint density at radius 2 is 2.38 bits per heavy atom. The monoisotopic (exact) mass is 262 g/mol. The van der Waals surface area contributed by atoms with Crippen LogP contribution in [0.3, 0.4) is 0 Å². The van der Waals surface area contributed by atoms with E-state index in [-0.39, 0.29) is 6.73 Å². The molecule has 0 saturated carbocycles. The second kappa shape index (κ2) is 3.28. The molecule has 0 N–H and O–H groups in total. The van der Waals surface area contributed by atoms with E-state index < -0.39 is 12.0 Å². The lowest BCUT2D eigenvalue weighted by atomic mass is 10.2. The molecular weight excluding hydrogens is 258 g/mol. The maximum absolute atomic E-state index is 11.2. The average Bonchev–Trinajstić information content (AvgIpc) is 2.62. The molecule has 6 heteroatoms. The van der Waals surface area contributed by atoms with Gasteiger partial charge in [-0.05, 0) is 21.3 Å². The van der Waals surface area contributed by atoms with Crippen LogP contribution in [0.4, 0.5) is 0 Å². The maximum Gasteiger partial charge on any atom is 0.469 e. The fourth-order valence-electron chi connectivity index (χ4n) is 1.11. The number of hydrogen-bond donors (Lipinski definition) is 0. The Bertz CT molecular complexity index is 376. The molecule has 0 bridgehead atoms. The lowest BCUT2D eigenvalue weighted by molar-refractivity contribution is -0.479. The Hall–Kier alpha value is -0.590. The van der Waals surface area contributed by atoms with Crippen molar-refractivity contribution in [3.05, 3.63) is 25.7 Å². The topological polar surface area (TPSA) is 46.4 Å². The molecule has 0 aromatic carbocycles. The largest absolute Gasteiger partial charge is 0.469 e. The first-order chi connectivity index (χ1) is 6.20. The van der Waals surface area contributed by atoms with E-state index >= 15 is 0 Å². The number of amides is 1. The number of ether oxygens (including phenoxy) is 1. The molecule has 13 heavy (non-hydrogen) atoms. The van der Waals surface area contributed by atoms with E-state index in [0.717, 1.165) is 10.0 Å². The number of halogens is 1. The second-order valence-corrected chi connectivity index (χ2v) is 4.17. The minimum absolute atomic E-state index is 0.175. The standard InChI is InChI=1S/C7H5BrNO3S/c8-5-2-13-1-4(5)6-7(10)9(11)3-12-6/h1-2,6H,3H2/q+1. The third kappa shape index (κ3) is 1.45. The maximum atomic E-state index is 11.2. The summed E-state index contributed by atoms with van der Waals surface area (Å²) in [7, 11) is 0. The van der Waals surface area contributed by atoms with Gasteiger partial charge in [-0.1, -0.05) is 0 Å². The van der Waals surface area contributed by atoms with Crippen LogP contribution in [0.25, 0.3) is 0 Å². The van der Waals surface area contributed by atoms with Crippen molar-refractivity contribution in [3.8, 4) is 0 Å². The first-order valence-electron chi connectivity index (χ1n) is 3.52. The molecular formula is C7H5BrNO3S+. The van der Waals surface area contributed by atoms with Crippen LogP contribution in [0.2, 0.25) is 0 Å². The van der Waals surface area contributed by atoms with Gasteiger partial charge in [0.1, 0.15) is 4.76 Å². The molecule has 2 rings (SSSR count). The van der Waals surface area contributed by atoms with E-state index in [9.17, 15) is 9.70 Å². The molecule has 0 radical (unpaired) electrons. The Labute approximate surface area is 86.2 Å². The van der Waals surface area contributed by atoms with Crippen molar-refractivity contribution in [2.75, 3.05) is 6.73 Å². The van der Waals surface area contributed by atoms with Gasteiger partial charge in [-0.3, -0.25) is 4.74 Å². The fraction of sp³-hybridized carbons (Fsp3) is 0.286. The molecule has 1 aromatic heterocycles. The molecule has 0 aliphatic carbocycles. The van der Waals surface area contributed by atoms with E-state index in [2.05, 4.69) is 15.9 Å². The second-order valence-electron chi connectivity index (χ2n) is 2.57. The highest BCUT2D eigenvalue weighted by atomic mass is 79.9. The Balaban J connectivity index is 2.33. The highest BCUT2D eigenvalue weighted by molar-refractivity contribution is 9.10. The molecule has 1 amide bonds. The van der Waals surface area contributed by atoms with Gasteiger partial charge in [0.2, 0.25) is 6.10 Å². The average molecular weight is 263 g/mol. The summed E-state index contributed by atoms with van der Waals surface area (Å²) in [5.41, 5.74) is 0.730. The van der Waals surface area contributed by atoms with Gasteiger partial charge in [0.05, 0.1) is 0 Å². The van der Waals surface area contributed by atoms with Gasteiger partial charge < -0.3 is 0 Å². The Kier molecular flexibility index (Phi) is 2.27. The molecule has 1 saturated heterocycles. The molecule has 1 aliphatic rings. The van der Waals surface area contributed by atoms with Gasteiger partial charge in [-0.15, -0.1) is 0 Å². The number of carbonyl (C=O) groups is 1. The molecule has 1 aliphatic heterocycles. The van der Waals surface area contributed by atoms with Crippen LogP contribution in [0, 0.1) is 4.91 Å².